The van der Waals surface area contributed by atoms with E-state index in [0.29, 0.717) is 5.03 Å². The van der Waals surface area contributed by atoms with Crippen molar-refractivity contribution in [1.29, 1.82) is 0 Å². The number of rotatable bonds is 2. The second-order valence-electron chi connectivity index (χ2n) is 2.77. The number of aromatic amines is 1. The summed E-state index contributed by atoms with van der Waals surface area (Å²) in [6, 6.07) is -1.13. The smallest absolute Gasteiger partial charge is 0.341 e. The number of nitrogens with one attached hydrogen (secondary N) is 1. The van der Waals surface area contributed by atoms with E-state index in [2.05, 4.69) is 9.72 Å². The summed E-state index contributed by atoms with van der Waals surface area (Å²) in [4.78, 5) is 14.7. The first-order valence-electron chi connectivity index (χ1n) is 6.18. The number of para-hydroxylation sites is 1. The summed E-state index contributed by atoms with van der Waals surface area (Å²) in [7, 11) is 1.23. The Labute approximate surface area is 97.4 Å². The van der Waals surface area contributed by atoms with E-state index < -0.39 is 5.97 Å². The lowest BCUT2D eigenvalue weighted by Crippen LogP contribution is -2.01. The molecule has 0 amide bonds. The predicted molar refractivity (Wildman–Crippen MR) is 61.4 cm³/mol. The van der Waals surface area contributed by atoms with Gasteiger partial charge in [0.2, 0.25) is 0 Å². The Bertz CT molecular complexity index is 683. The Morgan fingerprint density at radius 3 is 2.93 bits per heavy atom. The first-order valence-corrected chi connectivity index (χ1v) is 5.40. The van der Waals surface area contributed by atoms with Crippen LogP contribution < -0.4 is 0 Å². The quantitative estimate of drug-likeness (QED) is 0.631. The highest BCUT2D eigenvalue weighted by Crippen LogP contribution is 2.28. The molecule has 1 heterocycles. The molecule has 1 N–H and O–H groups in total. The first-order chi connectivity index (χ1) is 8.93. The minimum absolute atomic E-state index is 0.150. The minimum Gasteiger partial charge on any atom is -0.465 e. The van der Waals surface area contributed by atoms with Crippen molar-refractivity contribution >= 4 is 28.6 Å². The number of carbonyl (C=O) groups is 1. The zero-order chi connectivity index (χ0) is 14.3. The van der Waals surface area contributed by atoms with Crippen LogP contribution in [0.1, 0.15) is 15.8 Å². The average molecular weight is 225 g/mol. The fraction of sp³-hybridized carbons (Fsp3) is 0.182. The topological polar surface area (TPSA) is 42.1 Å². The van der Waals surface area contributed by atoms with Crippen LogP contribution in [0, 0.1) is 0 Å². The van der Waals surface area contributed by atoms with Gasteiger partial charge >= 0.3 is 5.97 Å². The number of carbonyl (C=O) groups excluding carboxylic acids is 1. The third-order valence-corrected chi connectivity index (χ3v) is 2.71. The Balaban J connectivity index is 2.99. The number of benzene rings is 1. The molecule has 1 aromatic carbocycles. The fourth-order valence-electron chi connectivity index (χ4n) is 1.33. The lowest BCUT2D eigenvalue weighted by Gasteiger charge is -1.99. The average Bonchev–Trinajstić information content (AvgIpc) is 2.81. The number of aromatic nitrogens is 1. The molecule has 1 aromatic heterocycles. The summed E-state index contributed by atoms with van der Waals surface area (Å²) < 4.78 is 35.7. The van der Waals surface area contributed by atoms with Gasteiger partial charge in [0.25, 0.3) is 0 Å². The van der Waals surface area contributed by atoms with Crippen molar-refractivity contribution in [3.63, 3.8) is 0 Å². The highest BCUT2D eigenvalue weighted by molar-refractivity contribution is 7.98. The standard InChI is InChI=1S/C11H11NO2S/c1-14-11(13)9-7-5-3-4-6-8(7)12-10(9)15-2/h3-6,12H,1-2H3/i3D,4D,5D,6D. The molecule has 78 valence electrons. The van der Waals surface area contributed by atoms with Crippen LogP contribution in [0.3, 0.4) is 0 Å². The van der Waals surface area contributed by atoms with E-state index in [1.165, 1.54) is 18.9 Å². The van der Waals surface area contributed by atoms with Crippen LogP contribution in [-0.2, 0) is 4.74 Å². The van der Waals surface area contributed by atoms with Crippen LogP contribution in [0.4, 0.5) is 0 Å². The van der Waals surface area contributed by atoms with E-state index in [9.17, 15) is 4.79 Å². The fourth-order valence-corrected chi connectivity index (χ4v) is 1.93. The number of thioether (sulfide) groups is 1. The molecule has 2 aromatic rings. The predicted octanol–water partition coefficient (Wildman–Crippen LogP) is 2.68. The first kappa shape index (κ1) is 6.23. The molecule has 0 radical (unpaired) electrons. The molecule has 0 fully saturated rings. The number of H-pyrrole nitrogens is 1. The summed E-state index contributed by atoms with van der Waals surface area (Å²) in [6.07, 6.45) is 1.74. The van der Waals surface area contributed by atoms with E-state index >= 15 is 0 Å². The van der Waals surface area contributed by atoms with Crippen molar-refractivity contribution < 1.29 is 15.0 Å². The molecule has 0 unspecified atom stereocenters. The number of fused-ring (bicyclic) bond motifs is 1. The SMILES string of the molecule is [2H]c1c([2H])c([2H])c2c(C(=O)OC)c(SC)[nH]c2c1[2H]. The van der Waals surface area contributed by atoms with E-state index in [-0.39, 0.29) is 40.6 Å². The second-order valence-corrected chi connectivity index (χ2v) is 3.59. The number of esters is 1. The zero-order valence-electron chi connectivity index (χ0n) is 12.2. The maximum atomic E-state index is 11.8. The van der Waals surface area contributed by atoms with E-state index in [1.54, 1.807) is 6.26 Å². The van der Waals surface area contributed by atoms with E-state index in [4.69, 9.17) is 5.48 Å². The van der Waals surface area contributed by atoms with Crippen molar-refractivity contribution in [1.82, 2.24) is 4.98 Å². The maximum absolute atomic E-state index is 11.8. The van der Waals surface area contributed by atoms with E-state index in [0.717, 1.165) is 0 Å². The second kappa shape index (κ2) is 3.98. The largest absolute Gasteiger partial charge is 0.465 e. The normalized spacial score (nSPS) is 14.3. The molecular weight excluding hydrogens is 210 g/mol. The molecule has 4 heteroatoms. The van der Waals surface area contributed by atoms with Gasteiger partial charge in [0.1, 0.15) is 0 Å². The highest BCUT2D eigenvalue weighted by Gasteiger charge is 2.17. The lowest BCUT2D eigenvalue weighted by molar-refractivity contribution is 0.0599. The number of ether oxygens (including phenoxy) is 1. The van der Waals surface area contributed by atoms with Crippen molar-refractivity contribution in [2.75, 3.05) is 13.4 Å². The molecule has 0 aliphatic rings. The summed E-state index contributed by atoms with van der Waals surface area (Å²) in [6.45, 7) is 0. The van der Waals surface area contributed by atoms with Gasteiger partial charge in [-0.1, -0.05) is 18.1 Å². The summed E-state index contributed by atoms with van der Waals surface area (Å²) in [5.74, 6) is -0.624. The number of methoxy groups -OCH3 is 1. The van der Waals surface area contributed by atoms with Crippen LogP contribution in [-0.4, -0.2) is 24.3 Å². The molecule has 0 bridgehead atoms. The Morgan fingerprint density at radius 1 is 1.53 bits per heavy atom. The van der Waals surface area contributed by atoms with Gasteiger partial charge in [-0.25, -0.2) is 4.79 Å². The molecule has 3 nitrogen and oxygen atoms in total. The molecule has 0 aliphatic heterocycles. The monoisotopic (exact) mass is 225 g/mol. The van der Waals surface area contributed by atoms with Crippen LogP contribution in [0.25, 0.3) is 10.9 Å². The van der Waals surface area contributed by atoms with Crippen LogP contribution in [0.2, 0.25) is 0 Å². The van der Waals surface area contributed by atoms with Crippen LogP contribution in [0.5, 0.6) is 0 Å². The number of hydrogen-bond donors (Lipinski definition) is 1. The van der Waals surface area contributed by atoms with Crippen molar-refractivity contribution in [2.24, 2.45) is 0 Å². The lowest BCUT2D eigenvalue weighted by atomic mass is 10.2. The molecule has 0 aliphatic carbocycles. The summed E-state index contributed by atoms with van der Waals surface area (Å²) in [5, 5.41) is 0.635. The van der Waals surface area contributed by atoms with Gasteiger partial charge in [0.05, 0.1) is 23.2 Å². The van der Waals surface area contributed by atoms with Crippen LogP contribution >= 0.6 is 11.8 Å². The van der Waals surface area contributed by atoms with Gasteiger partial charge < -0.3 is 9.72 Å². The molecule has 2 rings (SSSR count). The van der Waals surface area contributed by atoms with Crippen molar-refractivity contribution in [3.05, 3.63) is 29.7 Å². The van der Waals surface area contributed by atoms with Crippen molar-refractivity contribution in [3.8, 4) is 0 Å². The van der Waals surface area contributed by atoms with Crippen molar-refractivity contribution in [2.45, 2.75) is 5.03 Å². The van der Waals surface area contributed by atoms with E-state index in [1.807, 2.05) is 0 Å². The Kier molecular flexibility index (Phi) is 1.65. The molecule has 0 atom stereocenters. The summed E-state index contributed by atoms with van der Waals surface area (Å²) >= 11 is 1.25. The molecular formula is C11H11NO2S. The maximum Gasteiger partial charge on any atom is 0.341 e. The van der Waals surface area contributed by atoms with Gasteiger partial charge in [-0.2, -0.15) is 0 Å². The summed E-state index contributed by atoms with van der Waals surface area (Å²) in [5.41, 5.74) is 0.368. The molecule has 0 saturated heterocycles. The molecule has 15 heavy (non-hydrogen) atoms. The van der Waals surface area contributed by atoms with Gasteiger partial charge in [0, 0.05) is 10.9 Å². The van der Waals surface area contributed by atoms with Crippen LogP contribution in [0.15, 0.2) is 29.2 Å². The van der Waals surface area contributed by atoms with Gasteiger partial charge in [-0.15, -0.1) is 11.8 Å². The van der Waals surface area contributed by atoms with Gasteiger partial charge in [-0.3, -0.25) is 0 Å². The minimum atomic E-state index is -0.624. The third kappa shape index (κ3) is 1.61. The Morgan fingerprint density at radius 2 is 2.27 bits per heavy atom. The zero-order valence-corrected chi connectivity index (χ0v) is 9.04. The highest BCUT2D eigenvalue weighted by atomic mass is 32.2. The molecule has 0 saturated carbocycles. The Hall–Kier alpha value is -1.42. The molecule has 0 spiro atoms. The van der Waals surface area contributed by atoms with Gasteiger partial charge in [-0.05, 0) is 12.3 Å². The van der Waals surface area contributed by atoms with Gasteiger partial charge in [0.15, 0.2) is 0 Å². The number of hydrogen-bond acceptors (Lipinski definition) is 3. The third-order valence-electron chi connectivity index (χ3n) is 2.00.